The minimum atomic E-state index is 0.0964. The first kappa shape index (κ1) is 15.8. The van der Waals surface area contributed by atoms with E-state index in [1.54, 1.807) is 0 Å². The number of ketones is 1. The molecule has 3 rings (SSSR count). The topological polar surface area (TPSA) is 29.5 Å². The van der Waals surface area contributed by atoms with Crippen LogP contribution in [-0.2, 0) is 4.74 Å². The molecular formula is C20H23NO2. The van der Waals surface area contributed by atoms with Gasteiger partial charge in [-0.1, -0.05) is 6.07 Å². The zero-order chi connectivity index (χ0) is 16.4. The van der Waals surface area contributed by atoms with E-state index in [4.69, 9.17) is 4.74 Å². The van der Waals surface area contributed by atoms with Gasteiger partial charge in [0.15, 0.2) is 5.78 Å². The minimum Gasteiger partial charge on any atom is -0.378 e. The first-order valence-electron chi connectivity index (χ1n) is 8.11. The van der Waals surface area contributed by atoms with E-state index in [-0.39, 0.29) is 5.78 Å². The van der Waals surface area contributed by atoms with Crippen LogP contribution in [-0.4, -0.2) is 32.1 Å². The number of hydrogen-bond donors (Lipinski definition) is 0. The van der Waals surface area contributed by atoms with Crippen LogP contribution >= 0.6 is 0 Å². The van der Waals surface area contributed by atoms with Crippen molar-refractivity contribution in [2.75, 3.05) is 31.2 Å². The van der Waals surface area contributed by atoms with Gasteiger partial charge in [-0.05, 0) is 67.8 Å². The molecule has 0 spiro atoms. The van der Waals surface area contributed by atoms with Gasteiger partial charge in [0.1, 0.15) is 0 Å². The van der Waals surface area contributed by atoms with E-state index in [2.05, 4.69) is 17.9 Å². The second kappa shape index (κ2) is 6.55. The molecule has 0 saturated carbocycles. The number of hydrogen-bond acceptors (Lipinski definition) is 3. The van der Waals surface area contributed by atoms with Gasteiger partial charge in [0.05, 0.1) is 13.2 Å². The molecule has 0 aromatic heterocycles. The molecule has 0 aliphatic carbocycles. The third-order valence-corrected chi connectivity index (χ3v) is 4.59. The maximum absolute atomic E-state index is 12.8. The van der Waals surface area contributed by atoms with E-state index in [9.17, 15) is 4.79 Å². The first-order chi connectivity index (χ1) is 11.1. The lowest BCUT2D eigenvalue weighted by Crippen LogP contribution is -2.36. The number of benzene rings is 2. The average Bonchev–Trinajstić information content (AvgIpc) is 2.58. The lowest BCUT2D eigenvalue weighted by molar-refractivity contribution is 0.103. The summed E-state index contributed by atoms with van der Waals surface area (Å²) in [5.41, 5.74) is 6.11. The molecule has 2 aromatic carbocycles. The Balaban J connectivity index is 1.84. The third-order valence-electron chi connectivity index (χ3n) is 4.59. The smallest absolute Gasteiger partial charge is 0.193 e. The van der Waals surface area contributed by atoms with E-state index >= 15 is 0 Å². The van der Waals surface area contributed by atoms with Gasteiger partial charge in [-0.25, -0.2) is 0 Å². The predicted octanol–water partition coefficient (Wildman–Crippen LogP) is 3.68. The van der Waals surface area contributed by atoms with Crippen molar-refractivity contribution in [1.29, 1.82) is 0 Å². The van der Waals surface area contributed by atoms with Crippen LogP contribution in [0.3, 0.4) is 0 Å². The fraction of sp³-hybridized carbons (Fsp3) is 0.350. The highest BCUT2D eigenvalue weighted by Gasteiger charge is 2.15. The Labute approximate surface area is 137 Å². The zero-order valence-corrected chi connectivity index (χ0v) is 14.1. The molecule has 120 valence electrons. The second-order valence-electron chi connectivity index (χ2n) is 6.23. The van der Waals surface area contributed by atoms with Crippen molar-refractivity contribution in [2.24, 2.45) is 0 Å². The van der Waals surface area contributed by atoms with Crippen LogP contribution in [0.15, 0.2) is 36.4 Å². The standard InChI is InChI=1S/C20H23NO2/c1-14-12-16(3)19(13-15(14)2)20(22)17-4-6-18(7-5-17)21-8-10-23-11-9-21/h4-7,12-13H,8-11H2,1-3H3. The molecule has 1 heterocycles. The number of nitrogens with zero attached hydrogens (tertiary/aromatic N) is 1. The lowest BCUT2D eigenvalue weighted by Gasteiger charge is -2.28. The van der Waals surface area contributed by atoms with Gasteiger partial charge in [0.2, 0.25) is 0 Å². The van der Waals surface area contributed by atoms with Crippen molar-refractivity contribution < 1.29 is 9.53 Å². The molecule has 0 atom stereocenters. The van der Waals surface area contributed by atoms with Gasteiger partial charge in [0.25, 0.3) is 0 Å². The first-order valence-corrected chi connectivity index (χ1v) is 8.11. The molecule has 3 heteroatoms. The van der Waals surface area contributed by atoms with Gasteiger partial charge in [0, 0.05) is 29.9 Å². The summed E-state index contributed by atoms with van der Waals surface area (Å²) in [7, 11) is 0. The summed E-state index contributed by atoms with van der Waals surface area (Å²) >= 11 is 0. The molecule has 1 fully saturated rings. The SMILES string of the molecule is Cc1cc(C)c(C(=O)c2ccc(N3CCOCC3)cc2)cc1C. The number of carbonyl (C=O) groups is 1. The van der Waals surface area contributed by atoms with Gasteiger partial charge < -0.3 is 9.64 Å². The van der Waals surface area contributed by atoms with Crippen molar-refractivity contribution >= 4 is 11.5 Å². The summed E-state index contributed by atoms with van der Waals surface area (Å²) in [6.07, 6.45) is 0. The molecule has 0 N–H and O–H groups in total. The fourth-order valence-corrected chi connectivity index (χ4v) is 3.01. The van der Waals surface area contributed by atoms with Gasteiger partial charge in [-0.15, -0.1) is 0 Å². The largest absolute Gasteiger partial charge is 0.378 e. The van der Waals surface area contributed by atoms with Crippen LogP contribution in [0.4, 0.5) is 5.69 Å². The van der Waals surface area contributed by atoms with Crippen molar-refractivity contribution in [1.82, 2.24) is 0 Å². The molecule has 3 nitrogen and oxygen atoms in total. The molecule has 1 saturated heterocycles. The van der Waals surface area contributed by atoms with E-state index in [0.717, 1.165) is 54.2 Å². The lowest BCUT2D eigenvalue weighted by atomic mass is 9.95. The van der Waals surface area contributed by atoms with Crippen molar-refractivity contribution in [3.05, 3.63) is 64.2 Å². The maximum atomic E-state index is 12.8. The third kappa shape index (κ3) is 3.30. The van der Waals surface area contributed by atoms with Crippen LogP contribution in [0.2, 0.25) is 0 Å². The quantitative estimate of drug-likeness (QED) is 0.810. The van der Waals surface area contributed by atoms with E-state index in [0.29, 0.717) is 0 Å². The summed E-state index contributed by atoms with van der Waals surface area (Å²) in [5, 5.41) is 0. The Morgan fingerprint density at radius 3 is 2.17 bits per heavy atom. The molecule has 1 aliphatic rings. The average molecular weight is 309 g/mol. The molecule has 1 aliphatic heterocycles. The number of anilines is 1. The van der Waals surface area contributed by atoms with Crippen LogP contribution in [0.5, 0.6) is 0 Å². The highest BCUT2D eigenvalue weighted by Crippen LogP contribution is 2.21. The van der Waals surface area contributed by atoms with Crippen LogP contribution in [0, 0.1) is 20.8 Å². The highest BCUT2D eigenvalue weighted by atomic mass is 16.5. The zero-order valence-electron chi connectivity index (χ0n) is 14.1. The van der Waals surface area contributed by atoms with Crippen molar-refractivity contribution in [2.45, 2.75) is 20.8 Å². The Morgan fingerprint density at radius 1 is 0.913 bits per heavy atom. The predicted molar refractivity (Wildman–Crippen MR) is 93.6 cm³/mol. The molecular weight excluding hydrogens is 286 g/mol. The highest BCUT2D eigenvalue weighted by molar-refractivity contribution is 6.10. The van der Waals surface area contributed by atoms with Crippen LogP contribution in [0.1, 0.15) is 32.6 Å². The number of rotatable bonds is 3. The molecule has 0 amide bonds. The van der Waals surface area contributed by atoms with Crippen LogP contribution in [0.25, 0.3) is 0 Å². The molecule has 0 radical (unpaired) electrons. The fourth-order valence-electron chi connectivity index (χ4n) is 3.01. The molecule has 0 bridgehead atoms. The summed E-state index contributed by atoms with van der Waals surface area (Å²) < 4.78 is 5.38. The van der Waals surface area contributed by atoms with Gasteiger partial charge in [-0.3, -0.25) is 4.79 Å². The van der Waals surface area contributed by atoms with Gasteiger partial charge >= 0.3 is 0 Å². The van der Waals surface area contributed by atoms with E-state index < -0.39 is 0 Å². The number of ether oxygens (including phenoxy) is 1. The van der Waals surface area contributed by atoms with Crippen molar-refractivity contribution in [3.8, 4) is 0 Å². The monoisotopic (exact) mass is 309 g/mol. The van der Waals surface area contributed by atoms with E-state index in [1.165, 1.54) is 5.56 Å². The Hall–Kier alpha value is -2.13. The normalized spacial score (nSPS) is 14.8. The number of aryl methyl sites for hydroxylation is 3. The second-order valence-corrected chi connectivity index (χ2v) is 6.23. The molecule has 0 unspecified atom stereocenters. The maximum Gasteiger partial charge on any atom is 0.193 e. The van der Waals surface area contributed by atoms with Gasteiger partial charge in [-0.2, -0.15) is 0 Å². The summed E-state index contributed by atoms with van der Waals surface area (Å²) in [5.74, 6) is 0.0964. The number of carbonyl (C=O) groups excluding carboxylic acids is 1. The molecule has 23 heavy (non-hydrogen) atoms. The van der Waals surface area contributed by atoms with Crippen LogP contribution < -0.4 is 4.90 Å². The summed E-state index contributed by atoms with van der Waals surface area (Å²) in [6, 6.07) is 12.0. The minimum absolute atomic E-state index is 0.0964. The van der Waals surface area contributed by atoms with E-state index in [1.807, 2.05) is 44.2 Å². The van der Waals surface area contributed by atoms with Crippen molar-refractivity contribution in [3.63, 3.8) is 0 Å². The Bertz CT molecular complexity index is 713. The summed E-state index contributed by atoms with van der Waals surface area (Å²) in [6.45, 7) is 9.47. The molecule has 2 aromatic rings. The Morgan fingerprint density at radius 2 is 1.52 bits per heavy atom. The number of morpholine rings is 1. The Kier molecular flexibility index (Phi) is 4.49. The summed E-state index contributed by atoms with van der Waals surface area (Å²) in [4.78, 5) is 15.1.